The third-order valence-electron chi connectivity index (χ3n) is 14.1. The number of cyclic esters (lactones) is 1. The lowest BCUT2D eigenvalue weighted by Crippen LogP contribution is -2.58. The molecule has 6 bridgehead atoms. The van der Waals surface area contributed by atoms with Gasteiger partial charge in [-0.1, -0.05) is 51.8 Å². The van der Waals surface area contributed by atoms with Crippen LogP contribution in [0.3, 0.4) is 0 Å². The molecule has 3 atom stereocenters. The fourth-order valence-electron chi connectivity index (χ4n) is 9.13. The Bertz CT molecular complexity index is 2780. The van der Waals surface area contributed by atoms with E-state index in [2.05, 4.69) is 21.8 Å². The van der Waals surface area contributed by atoms with Gasteiger partial charge in [0.2, 0.25) is 0 Å². The third-order valence-corrected chi connectivity index (χ3v) is 14.1. The topological polar surface area (TPSA) is 152 Å². The Hall–Kier alpha value is -6.00. The number of nitrogens with zero attached hydrogens (tertiary/aromatic N) is 8. The monoisotopic (exact) mass is 997 g/mol. The number of fused-ring (bicyclic) bond motifs is 6. The molecule has 0 N–H and O–H groups in total. The summed E-state index contributed by atoms with van der Waals surface area (Å²) in [5, 5.41) is 2.99. The van der Waals surface area contributed by atoms with Crippen LogP contribution in [0.25, 0.3) is 33.5 Å². The lowest BCUT2D eigenvalue weighted by molar-refractivity contribution is -0.169. The number of carbonyl (C=O) groups excluding carboxylic acids is 4. The summed E-state index contributed by atoms with van der Waals surface area (Å²) in [7, 11) is 6.94. The maximum Gasteiger partial charge on any atom is 0.406 e. The Morgan fingerprint density at radius 2 is 1.79 bits per heavy atom. The van der Waals surface area contributed by atoms with Gasteiger partial charge in [-0.25, -0.2) is 15.0 Å². The minimum Gasteiger partial charge on any atom is -0.464 e. The van der Waals surface area contributed by atoms with Crippen LogP contribution in [0.4, 0.5) is 13.2 Å². The molecule has 1 aromatic carbocycles. The normalized spacial score (nSPS) is 19.7. The number of hydrogen-bond donors (Lipinski definition) is 0. The first-order valence-corrected chi connectivity index (χ1v) is 24.5. The summed E-state index contributed by atoms with van der Waals surface area (Å²) in [6, 6.07) is 13.1. The first-order valence-electron chi connectivity index (χ1n) is 24.5. The standard InChI is InChI=1S/C54H67F3N8O7/c1-33(2)40(30-71-37-28-63(29-37)45(66)21-22-53(6,7)61(8)9)49(67)60-42-26-35-15-12-16-36(25-35)41-19-20-43-47(59-41)39(27-52(4,5)32-72-51(69)44-18-14-24-65(50(42)68)62(44)10)48(64(43)31-54(55,56)57)38-17-13-23-58-46(38)34(3)70-11/h12-13,15-17,19-20,23,25,33-34,37,40,44H,14,18,24,26-32H2,1-11H3/t34-,40-,44-/m0/s1. The Labute approximate surface area is 420 Å². The van der Waals surface area contributed by atoms with Crippen molar-refractivity contribution in [3.8, 4) is 34.4 Å². The summed E-state index contributed by atoms with van der Waals surface area (Å²) in [5.74, 6) is 2.80. The van der Waals surface area contributed by atoms with E-state index in [9.17, 15) is 32.3 Å². The summed E-state index contributed by atoms with van der Waals surface area (Å²) in [6.07, 6.45) is -2.99. The molecular formula is C54H67F3N8O7. The van der Waals surface area contributed by atoms with E-state index < -0.39 is 59.5 Å². The average molecular weight is 997 g/mol. The van der Waals surface area contributed by atoms with Crippen molar-refractivity contribution in [1.29, 1.82) is 0 Å². The molecule has 4 aromatic rings. The van der Waals surface area contributed by atoms with Gasteiger partial charge in [0.15, 0.2) is 0 Å². The summed E-state index contributed by atoms with van der Waals surface area (Å²) < 4.78 is 63.3. The lowest BCUT2D eigenvalue weighted by atomic mass is 9.85. The van der Waals surface area contributed by atoms with Gasteiger partial charge in [0, 0.05) is 68.5 Å². The molecule has 0 saturated carbocycles. The third kappa shape index (κ3) is 12.1. The average Bonchev–Trinajstić information content (AvgIpc) is 3.58. The smallest absolute Gasteiger partial charge is 0.406 e. The Kier molecular flexibility index (Phi) is 16.1. The number of alkyl halides is 3. The Balaban J connectivity index is 1.28. The van der Waals surface area contributed by atoms with Crippen molar-refractivity contribution < 1.29 is 46.6 Å². The van der Waals surface area contributed by atoms with Gasteiger partial charge >= 0.3 is 12.1 Å². The number of benzene rings is 1. The highest BCUT2D eigenvalue weighted by Crippen LogP contribution is 2.42. The summed E-state index contributed by atoms with van der Waals surface area (Å²) in [4.78, 5) is 73.9. The van der Waals surface area contributed by atoms with E-state index in [1.165, 1.54) is 16.7 Å². The zero-order valence-electron chi connectivity index (χ0n) is 43.2. The van der Waals surface area contributed by atoms with E-state index >= 15 is 0 Å². The molecule has 72 heavy (non-hydrogen) atoms. The minimum atomic E-state index is -4.61. The summed E-state index contributed by atoms with van der Waals surface area (Å²) in [5.41, 5.74) is 2.62. The number of methoxy groups -OCH3 is 1. The van der Waals surface area contributed by atoms with Crippen molar-refractivity contribution in [2.75, 3.05) is 61.1 Å². The molecule has 3 aliphatic rings. The number of amides is 3. The molecule has 18 heteroatoms. The predicted molar refractivity (Wildman–Crippen MR) is 267 cm³/mol. The predicted octanol–water partition coefficient (Wildman–Crippen LogP) is 7.35. The van der Waals surface area contributed by atoms with Crippen LogP contribution >= 0.6 is 0 Å². The zero-order valence-corrected chi connectivity index (χ0v) is 43.2. The van der Waals surface area contributed by atoms with Crippen molar-refractivity contribution in [3.63, 3.8) is 0 Å². The number of rotatable bonds is 10. The highest BCUT2D eigenvalue weighted by atomic mass is 19.4. The van der Waals surface area contributed by atoms with E-state index in [0.29, 0.717) is 65.1 Å². The van der Waals surface area contributed by atoms with Crippen LogP contribution < -0.4 is 0 Å². The van der Waals surface area contributed by atoms with Gasteiger partial charge in [-0.15, -0.1) is 0 Å². The number of aromatic nitrogens is 3. The van der Waals surface area contributed by atoms with Crippen LogP contribution in [0.2, 0.25) is 0 Å². The fourth-order valence-corrected chi connectivity index (χ4v) is 9.13. The van der Waals surface area contributed by atoms with Crippen LogP contribution in [0, 0.1) is 29.1 Å². The number of carbonyl (C=O) groups is 4. The number of likely N-dealkylation sites (N-methyl/N-ethyl adjacent to an activating group) is 1. The fraction of sp³-hybridized carbons (Fsp3) is 0.537. The van der Waals surface area contributed by atoms with Crippen LogP contribution in [0.1, 0.15) is 84.2 Å². The molecule has 15 nitrogen and oxygen atoms in total. The highest BCUT2D eigenvalue weighted by molar-refractivity contribution is 6.40. The van der Waals surface area contributed by atoms with E-state index in [1.807, 2.05) is 72.7 Å². The van der Waals surface area contributed by atoms with Crippen molar-refractivity contribution in [3.05, 3.63) is 71.5 Å². The van der Waals surface area contributed by atoms with Gasteiger partial charge in [-0.3, -0.25) is 34.1 Å². The first kappa shape index (κ1) is 53.8. The number of hydrazine groups is 1. The van der Waals surface area contributed by atoms with Crippen LogP contribution in [0.5, 0.6) is 0 Å². The Morgan fingerprint density at radius 1 is 1.06 bits per heavy atom. The number of likely N-dealkylation sites (tertiary alicyclic amines) is 1. The van der Waals surface area contributed by atoms with E-state index in [0.717, 1.165) is 0 Å². The van der Waals surface area contributed by atoms with Crippen molar-refractivity contribution >= 4 is 40.4 Å². The maximum absolute atomic E-state index is 14.8. The van der Waals surface area contributed by atoms with Crippen molar-refractivity contribution in [2.24, 2.45) is 22.2 Å². The molecule has 7 rings (SSSR count). The van der Waals surface area contributed by atoms with Gasteiger partial charge in [-0.2, -0.15) is 13.2 Å². The van der Waals surface area contributed by atoms with E-state index in [-0.39, 0.29) is 67.5 Å². The van der Waals surface area contributed by atoms with Gasteiger partial charge in [0.1, 0.15) is 18.3 Å². The van der Waals surface area contributed by atoms with Crippen LogP contribution in [0.15, 0.2) is 59.7 Å². The zero-order chi connectivity index (χ0) is 52.4. The second-order valence-corrected chi connectivity index (χ2v) is 21.0. The number of hydrogen-bond acceptors (Lipinski definition) is 11. The molecule has 386 valence electrons. The number of pyridine rings is 2. The molecule has 2 saturated heterocycles. The van der Waals surface area contributed by atoms with Gasteiger partial charge in [-0.05, 0) is 102 Å². The molecule has 0 unspecified atom stereocenters. The second kappa shape index (κ2) is 21.6. The van der Waals surface area contributed by atoms with Crippen molar-refractivity contribution in [2.45, 2.75) is 111 Å². The molecule has 3 amide bonds. The number of halogens is 3. The largest absolute Gasteiger partial charge is 0.464 e. The maximum atomic E-state index is 14.8. The molecule has 0 radical (unpaired) electrons. The quantitative estimate of drug-likeness (QED) is 0.116. The lowest BCUT2D eigenvalue weighted by Gasteiger charge is -2.41. The Morgan fingerprint density at radius 3 is 2.47 bits per heavy atom. The number of aliphatic imine (C=N–C) groups is 1. The van der Waals surface area contributed by atoms with Gasteiger partial charge in [0.05, 0.1) is 65.0 Å². The van der Waals surface area contributed by atoms with Gasteiger partial charge in [0.25, 0.3) is 17.7 Å². The molecule has 3 aromatic heterocycles. The minimum absolute atomic E-state index is 0.00687. The SMILES string of the molecule is CO[C@@H](C)c1ncccc1-c1c2c3nc(ccc3n1CC(F)(F)F)-c1cccc(c1)CC(=NC(=O)[C@@H](COC1CN(C(=O)C#CC(C)(C)N(C)C)C1)C(C)C)C(=O)N1CCC[C@@H](C(=O)OCC(C)(C)C2)N1C. The van der Waals surface area contributed by atoms with Crippen LogP contribution in [-0.4, -0.2) is 149 Å². The molecular weight excluding hydrogens is 930 g/mol. The first-order chi connectivity index (χ1) is 33.9. The van der Waals surface area contributed by atoms with Crippen molar-refractivity contribution in [1.82, 2.24) is 34.4 Å². The summed E-state index contributed by atoms with van der Waals surface area (Å²) >= 11 is 0. The molecule has 0 aliphatic carbocycles. The molecule has 2 fully saturated rings. The molecule has 0 spiro atoms. The highest BCUT2D eigenvalue weighted by Gasteiger charge is 2.40. The number of ether oxygens (including phenoxy) is 3. The van der Waals surface area contributed by atoms with Crippen LogP contribution in [-0.2, 0) is 52.8 Å². The van der Waals surface area contributed by atoms with E-state index in [1.54, 1.807) is 66.5 Å². The summed E-state index contributed by atoms with van der Waals surface area (Å²) in [6.45, 7) is 12.6. The molecule has 6 heterocycles. The molecule has 3 aliphatic heterocycles. The van der Waals surface area contributed by atoms with Gasteiger partial charge < -0.3 is 23.7 Å². The van der Waals surface area contributed by atoms with E-state index in [4.69, 9.17) is 19.2 Å². The number of esters is 1. The second-order valence-electron chi connectivity index (χ2n) is 21.0.